The van der Waals surface area contributed by atoms with E-state index in [0.29, 0.717) is 13.2 Å². The monoisotopic (exact) mass is 455 g/mol. The molecule has 0 radical (unpaired) electrons. The molecule has 0 aromatic heterocycles. The summed E-state index contributed by atoms with van der Waals surface area (Å²) in [5.41, 5.74) is 0.776. The van der Waals surface area contributed by atoms with Crippen molar-refractivity contribution in [3.8, 4) is 5.75 Å². The maximum atomic E-state index is 13.8. The van der Waals surface area contributed by atoms with Gasteiger partial charge in [0.1, 0.15) is 18.2 Å². The topological polar surface area (TPSA) is 45.7 Å². The zero-order valence-corrected chi connectivity index (χ0v) is 16.4. The lowest BCUT2D eigenvalue weighted by Crippen LogP contribution is -2.40. The van der Waals surface area contributed by atoms with Crippen molar-refractivity contribution in [1.29, 1.82) is 0 Å². The molecule has 25 heavy (non-hydrogen) atoms. The fourth-order valence-corrected chi connectivity index (χ4v) is 2.70. The SMILES string of the molecule is CN=C(NCCOc1ccccc1)NC1CC1c1ccccc1F.I. The summed E-state index contributed by atoms with van der Waals surface area (Å²) >= 11 is 0. The molecule has 3 rings (SSSR count). The highest BCUT2D eigenvalue weighted by Crippen LogP contribution is 2.41. The summed E-state index contributed by atoms with van der Waals surface area (Å²) in [5.74, 6) is 1.65. The molecule has 2 atom stereocenters. The molecule has 4 nitrogen and oxygen atoms in total. The van der Waals surface area contributed by atoms with E-state index < -0.39 is 0 Å². The van der Waals surface area contributed by atoms with Crippen molar-refractivity contribution in [2.75, 3.05) is 20.2 Å². The van der Waals surface area contributed by atoms with Gasteiger partial charge in [-0.3, -0.25) is 4.99 Å². The van der Waals surface area contributed by atoms with Gasteiger partial charge >= 0.3 is 0 Å². The van der Waals surface area contributed by atoms with Crippen molar-refractivity contribution in [3.05, 3.63) is 66.0 Å². The van der Waals surface area contributed by atoms with Crippen LogP contribution in [0.25, 0.3) is 0 Å². The zero-order chi connectivity index (χ0) is 16.8. The Hall–Kier alpha value is -1.83. The third-order valence-corrected chi connectivity index (χ3v) is 4.05. The van der Waals surface area contributed by atoms with E-state index in [1.54, 1.807) is 13.1 Å². The summed E-state index contributed by atoms with van der Waals surface area (Å²) in [4.78, 5) is 4.21. The highest BCUT2D eigenvalue weighted by Gasteiger charge is 2.40. The van der Waals surface area contributed by atoms with E-state index in [1.165, 1.54) is 6.07 Å². The first kappa shape index (κ1) is 19.5. The minimum Gasteiger partial charge on any atom is -0.492 e. The summed E-state index contributed by atoms with van der Waals surface area (Å²) < 4.78 is 19.4. The Kier molecular flexibility index (Phi) is 7.49. The van der Waals surface area contributed by atoms with Gasteiger partial charge in [-0.05, 0) is 30.2 Å². The maximum absolute atomic E-state index is 13.8. The molecule has 2 unspecified atom stereocenters. The molecule has 0 spiro atoms. The second-order valence-electron chi connectivity index (χ2n) is 5.78. The van der Waals surface area contributed by atoms with Gasteiger partial charge in [-0.25, -0.2) is 4.39 Å². The van der Waals surface area contributed by atoms with E-state index in [1.807, 2.05) is 42.5 Å². The number of benzene rings is 2. The van der Waals surface area contributed by atoms with Gasteiger partial charge in [0.25, 0.3) is 0 Å². The number of nitrogens with zero attached hydrogens (tertiary/aromatic N) is 1. The summed E-state index contributed by atoms with van der Waals surface area (Å²) in [6.07, 6.45) is 0.919. The number of rotatable bonds is 6. The lowest BCUT2D eigenvalue weighted by atomic mass is 10.1. The van der Waals surface area contributed by atoms with E-state index in [2.05, 4.69) is 15.6 Å². The highest BCUT2D eigenvalue weighted by molar-refractivity contribution is 14.0. The number of nitrogens with one attached hydrogen (secondary N) is 2. The molecule has 134 valence electrons. The molecule has 0 aliphatic heterocycles. The number of hydrogen-bond donors (Lipinski definition) is 2. The van der Waals surface area contributed by atoms with Gasteiger partial charge in [-0.15, -0.1) is 24.0 Å². The van der Waals surface area contributed by atoms with Gasteiger partial charge in [-0.2, -0.15) is 0 Å². The molecule has 1 aliphatic rings. The normalized spacial score (nSPS) is 18.9. The van der Waals surface area contributed by atoms with Crippen LogP contribution < -0.4 is 15.4 Å². The van der Waals surface area contributed by atoms with Crippen LogP contribution in [0.1, 0.15) is 17.9 Å². The first-order valence-electron chi connectivity index (χ1n) is 8.17. The van der Waals surface area contributed by atoms with E-state index in [0.717, 1.165) is 23.7 Å². The summed E-state index contributed by atoms with van der Waals surface area (Å²) in [6, 6.07) is 16.9. The number of halogens is 2. The maximum Gasteiger partial charge on any atom is 0.191 e. The summed E-state index contributed by atoms with van der Waals surface area (Å²) in [6.45, 7) is 1.19. The van der Waals surface area contributed by atoms with Crippen LogP contribution in [0.2, 0.25) is 0 Å². The smallest absolute Gasteiger partial charge is 0.191 e. The fraction of sp³-hybridized carbons (Fsp3) is 0.316. The number of hydrogen-bond acceptors (Lipinski definition) is 2. The van der Waals surface area contributed by atoms with Gasteiger partial charge < -0.3 is 15.4 Å². The molecule has 1 saturated carbocycles. The van der Waals surface area contributed by atoms with Crippen molar-refractivity contribution >= 4 is 29.9 Å². The Labute approximate surface area is 164 Å². The number of ether oxygens (including phenoxy) is 1. The van der Waals surface area contributed by atoms with Crippen LogP contribution in [-0.2, 0) is 0 Å². The van der Waals surface area contributed by atoms with Crippen LogP contribution in [0.3, 0.4) is 0 Å². The average molecular weight is 455 g/mol. The molecule has 2 N–H and O–H groups in total. The van der Waals surface area contributed by atoms with Gasteiger partial charge in [0, 0.05) is 19.0 Å². The molecule has 0 saturated heterocycles. The van der Waals surface area contributed by atoms with Crippen LogP contribution in [0.15, 0.2) is 59.6 Å². The predicted octanol–water partition coefficient (Wildman–Crippen LogP) is 3.54. The molecular formula is C19H23FIN3O. The molecule has 0 heterocycles. The van der Waals surface area contributed by atoms with E-state index >= 15 is 0 Å². The Morgan fingerprint density at radius 2 is 1.88 bits per heavy atom. The largest absolute Gasteiger partial charge is 0.492 e. The molecule has 0 bridgehead atoms. The third-order valence-electron chi connectivity index (χ3n) is 4.05. The van der Waals surface area contributed by atoms with Crippen molar-refractivity contribution < 1.29 is 9.13 Å². The van der Waals surface area contributed by atoms with Gasteiger partial charge in [0.15, 0.2) is 5.96 Å². The first-order chi connectivity index (χ1) is 11.8. The van der Waals surface area contributed by atoms with E-state index in [9.17, 15) is 4.39 Å². The Balaban J connectivity index is 0.00000225. The van der Waals surface area contributed by atoms with E-state index in [-0.39, 0.29) is 41.8 Å². The van der Waals surface area contributed by atoms with E-state index in [4.69, 9.17) is 4.74 Å². The second kappa shape index (κ2) is 9.60. The predicted molar refractivity (Wildman–Crippen MR) is 109 cm³/mol. The van der Waals surface area contributed by atoms with Crippen LogP contribution in [-0.4, -0.2) is 32.2 Å². The minimum absolute atomic E-state index is 0. The third kappa shape index (κ3) is 5.59. The molecule has 2 aromatic carbocycles. The molecular weight excluding hydrogens is 432 g/mol. The molecule has 6 heteroatoms. The fourth-order valence-electron chi connectivity index (χ4n) is 2.70. The average Bonchev–Trinajstić information content (AvgIpc) is 3.38. The summed E-state index contributed by atoms with van der Waals surface area (Å²) in [7, 11) is 1.73. The van der Waals surface area contributed by atoms with Crippen molar-refractivity contribution in [1.82, 2.24) is 10.6 Å². The van der Waals surface area contributed by atoms with Crippen LogP contribution in [0.4, 0.5) is 4.39 Å². The number of guanidine groups is 1. The number of para-hydroxylation sites is 1. The highest BCUT2D eigenvalue weighted by atomic mass is 127. The summed E-state index contributed by atoms with van der Waals surface area (Å²) in [5, 5.41) is 6.55. The zero-order valence-electron chi connectivity index (χ0n) is 14.1. The van der Waals surface area contributed by atoms with Gasteiger partial charge in [-0.1, -0.05) is 36.4 Å². The molecule has 1 aliphatic carbocycles. The lowest BCUT2D eigenvalue weighted by molar-refractivity contribution is 0.322. The second-order valence-corrected chi connectivity index (χ2v) is 5.78. The van der Waals surface area contributed by atoms with Gasteiger partial charge in [0.05, 0.1) is 6.54 Å². The molecule has 1 fully saturated rings. The Bertz CT molecular complexity index is 696. The quantitative estimate of drug-likeness (QED) is 0.303. The van der Waals surface area contributed by atoms with Crippen molar-refractivity contribution in [2.24, 2.45) is 4.99 Å². The Morgan fingerprint density at radius 1 is 1.16 bits per heavy atom. The van der Waals surface area contributed by atoms with Crippen molar-refractivity contribution in [2.45, 2.75) is 18.4 Å². The number of aliphatic imine (C=N–C) groups is 1. The van der Waals surface area contributed by atoms with Crippen LogP contribution in [0.5, 0.6) is 5.75 Å². The first-order valence-corrected chi connectivity index (χ1v) is 8.17. The standard InChI is InChI=1S/C19H22FN3O.HI/c1-21-19(22-11-12-24-14-7-3-2-4-8-14)23-18-13-16(18)15-9-5-6-10-17(15)20;/h2-10,16,18H,11-13H2,1H3,(H2,21,22,23);1H. The van der Waals surface area contributed by atoms with Crippen LogP contribution >= 0.6 is 24.0 Å². The van der Waals surface area contributed by atoms with Gasteiger partial charge in [0.2, 0.25) is 0 Å². The van der Waals surface area contributed by atoms with Crippen LogP contribution in [0, 0.1) is 5.82 Å². The lowest BCUT2D eigenvalue weighted by Gasteiger charge is -2.12. The molecule has 2 aromatic rings. The molecule has 0 amide bonds. The Morgan fingerprint density at radius 3 is 2.60 bits per heavy atom. The van der Waals surface area contributed by atoms with Crippen molar-refractivity contribution in [3.63, 3.8) is 0 Å². The minimum atomic E-state index is -0.133.